The molecule has 6 heteroatoms. The van der Waals surface area contributed by atoms with Gasteiger partial charge >= 0.3 is 0 Å². The summed E-state index contributed by atoms with van der Waals surface area (Å²) in [6.07, 6.45) is -0.791. The van der Waals surface area contributed by atoms with Crippen LogP contribution in [0.5, 0.6) is 0 Å². The first-order valence-electron chi connectivity index (χ1n) is 5.72. The number of halogens is 1. The Labute approximate surface area is 117 Å². The minimum absolute atomic E-state index is 0.178. The van der Waals surface area contributed by atoms with Crippen molar-refractivity contribution in [2.45, 2.75) is 13.0 Å². The number of nitrogens with zero attached hydrogens (tertiary/aromatic N) is 3. The van der Waals surface area contributed by atoms with Crippen molar-refractivity contribution in [1.29, 1.82) is 0 Å². The molecule has 0 radical (unpaired) electrons. The fourth-order valence-electron chi connectivity index (χ4n) is 1.75. The van der Waals surface area contributed by atoms with Gasteiger partial charge in [0.15, 0.2) is 0 Å². The van der Waals surface area contributed by atoms with Crippen molar-refractivity contribution in [2.24, 2.45) is 0 Å². The second-order valence-electron chi connectivity index (χ2n) is 4.14. The number of hydrogen-bond acceptors (Lipinski definition) is 5. The zero-order valence-electron chi connectivity index (χ0n) is 10.0. The van der Waals surface area contributed by atoms with Crippen molar-refractivity contribution in [1.82, 2.24) is 15.1 Å². The fraction of sp³-hybridized carbons (Fsp3) is 0.154. The molecule has 0 fully saturated rings. The van der Waals surface area contributed by atoms with Crippen molar-refractivity contribution in [3.63, 3.8) is 0 Å². The lowest BCUT2D eigenvalue weighted by Crippen LogP contribution is -1.92. The molecule has 0 aliphatic carbocycles. The molecule has 2 heterocycles. The van der Waals surface area contributed by atoms with Gasteiger partial charge in [-0.3, -0.25) is 0 Å². The van der Waals surface area contributed by atoms with E-state index in [4.69, 9.17) is 4.52 Å². The number of para-hydroxylation sites is 1. The first kappa shape index (κ1) is 12.3. The second kappa shape index (κ2) is 4.71. The number of aromatic nitrogens is 3. The maximum atomic E-state index is 9.40. The first-order chi connectivity index (χ1) is 9.15. The third-order valence-corrected chi connectivity index (χ3v) is 3.29. The average Bonchev–Trinajstić information content (AvgIpc) is 2.87. The van der Waals surface area contributed by atoms with Crippen molar-refractivity contribution in [2.75, 3.05) is 0 Å². The van der Waals surface area contributed by atoms with Gasteiger partial charge in [0.25, 0.3) is 5.89 Å². The zero-order chi connectivity index (χ0) is 13.4. The van der Waals surface area contributed by atoms with Gasteiger partial charge in [-0.1, -0.05) is 23.4 Å². The summed E-state index contributed by atoms with van der Waals surface area (Å²) in [5.74, 6) is 0.533. The number of benzene rings is 1. The van der Waals surface area contributed by atoms with E-state index in [9.17, 15) is 5.11 Å². The standard InChI is InChI=1S/C13H10BrN3O2/c1-7(18)13-16-12(17-19-13)11-9(14)6-8-4-2-3-5-10(8)15-11/h2-7,18H,1H3/t7-/m0/s1. The molecule has 0 spiro atoms. The van der Waals surface area contributed by atoms with E-state index in [1.54, 1.807) is 6.92 Å². The molecule has 0 aliphatic rings. The molecule has 0 saturated carbocycles. The number of rotatable bonds is 2. The third kappa shape index (κ3) is 2.24. The number of fused-ring (bicyclic) bond motifs is 1. The molecule has 5 nitrogen and oxygen atoms in total. The quantitative estimate of drug-likeness (QED) is 0.785. The van der Waals surface area contributed by atoms with Crippen LogP contribution >= 0.6 is 15.9 Å². The van der Waals surface area contributed by atoms with E-state index in [-0.39, 0.29) is 5.89 Å². The van der Waals surface area contributed by atoms with Crippen LogP contribution in [-0.4, -0.2) is 20.2 Å². The van der Waals surface area contributed by atoms with E-state index in [0.29, 0.717) is 11.5 Å². The molecule has 1 N–H and O–H groups in total. The summed E-state index contributed by atoms with van der Waals surface area (Å²) in [5, 5.41) is 14.3. The van der Waals surface area contributed by atoms with Crippen molar-refractivity contribution in [3.05, 3.63) is 40.7 Å². The van der Waals surface area contributed by atoms with Gasteiger partial charge in [0.1, 0.15) is 11.8 Å². The average molecular weight is 320 g/mol. The summed E-state index contributed by atoms with van der Waals surface area (Å²) in [4.78, 5) is 8.63. The molecule has 0 bridgehead atoms. The molecule has 0 unspecified atom stereocenters. The Morgan fingerprint density at radius 3 is 2.79 bits per heavy atom. The van der Waals surface area contributed by atoms with E-state index in [1.165, 1.54) is 0 Å². The van der Waals surface area contributed by atoms with Gasteiger partial charge in [0, 0.05) is 9.86 Å². The van der Waals surface area contributed by atoms with Crippen LogP contribution in [0.1, 0.15) is 18.9 Å². The highest BCUT2D eigenvalue weighted by Crippen LogP contribution is 2.28. The molecule has 0 amide bonds. The Bertz CT molecular complexity index is 740. The van der Waals surface area contributed by atoms with Crippen LogP contribution in [0.2, 0.25) is 0 Å². The smallest absolute Gasteiger partial charge is 0.255 e. The van der Waals surface area contributed by atoms with Crippen LogP contribution in [0.4, 0.5) is 0 Å². The highest BCUT2D eigenvalue weighted by molar-refractivity contribution is 9.10. The summed E-state index contributed by atoms with van der Waals surface area (Å²) in [5.41, 5.74) is 1.44. The van der Waals surface area contributed by atoms with Crippen LogP contribution < -0.4 is 0 Å². The number of hydrogen-bond donors (Lipinski definition) is 1. The van der Waals surface area contributed by atoms with Gasteiger partial charge in [0.2, 0.25) is 5.82 Å². The third-order valence-electron chi connectivity index (χ3n) is 2.69. The lowest BCUT2D eigenvalue weighted by molar-refractivity contribution is 0.152. The molecule has 0 aliphatic heterocycles. The highest BCUT2D eigenvalue weighted by Gasteiger charge is 2.16. The van der Waals surface area contributed by atoms with Crippen LogP contribution in [-0.2, 0) is 0 Å². The predicted octanol–water partition coefficient (Wildman–Crippen LogP) is 3.10. The highest BCUT2D eigenvalue weighted by atomic mass is 79.9. The van der Waals surface area contributed by atoms with Gasteiger partial charge in [-0.25, -0.2) is 4.98 Å². The Kier molecular flexibility index (Phi) is 3.04. The minimum atomic E-state index is -0.791. The lowest BCUT2D eigenvalue weighted by atomic mass is 10.2. The largest absolute Gasteiger partial charge is 0.384 e. The number of aliphatic hydroxyl groups is 1. The number of pyridine rings is 1. The van der Waals surface area contributed by atoms with Crippen LogP contribution in [0.3, 0.4) is 0 Å². The fourth-order valence-corrected chi connectivity index (χ4v) is 2.26. The van der Waals surface area contributed by atoms with Gasteiger partial charge < -0.3 is 9.63 Å². The summed E-state index contributed by atoms with van der Waals surface area (Å²) in [6, 6.07) is 9.73. The molecular formula is C13H10BrN3O2. The molecule has 0 saturated heterocycles. The maximum Gasteiger partial charge on any atom is 0.255 e. The Morgan fingerprint density at radius 2 is 2.05 bits per heavy atom. The van der Waals surface area contributed by atoms with E-state index in [2.05, 4.69) is 31.1 Å². The molecule has 2 aromatic heterocycles. The van der Waals surface area contributed by atoms with E-state index < -0.39 is 6.10 Å². The Balaban J connectivity index is 2.15. The normalized spacial score (nSPS) is 12.8. The number of aliphatic hydroxyl groups excluding tert-OH is 1. The van der Waals surface area contributed by atoms with Crippen LogP contribution in [0, 0.1) is 0 Å². The molecule has 96 valence electrons. The minimum Gasteiger partial charge on any atom is -0.384 e. The van der Waals surface area contributed by atoms with E-state index >= 15 is 0 Å². The monoisotopic (exact) mass is 319 g/mol. The van der Waals surface area contributed by atoms with Crippen LogP contribution in [0.25, 0.3) is 22.4 Å². The van der Waals surface area contributed by atoms with Crippen LogP contribution in [0.15, 0.2) is 39.3 Å². The van der Waals surface area contributed by atoms with Gasteiger partial charge in [0.05, 0.1) is 5.52 Å². The van der Waals surface area contributed by atoms with E-state index in [0.717, 1.165) is 15.4 Å². The first-order valence-corrected chi connectivity index (χ1v) is 6.52. The molecule has 1 aromatic carbocycles. The molecule has 3 rings (SSSR count). The summed E-state index contributed by atoms with van der Waals surface area (Å²) < 4.78 is 5.76. The molecule has 1 atom stereocenters. The SMILES string of the molecule is C[C@H](O)c1nc(-c2nc3ccccc3cc2Br)no1. The van der Waals surface area contributed by atoms with Crippen molar-refractivity contribution >= 4 is 26.8 Å². The van der Waals surface area contributed by atoms with E-state index in [1.807, 2.05) is 30.3 Å². The predicted molar refractivity (Wildman–Crippen MR) is 73.4 cm³/mol. The summed E-state index contributed by atoms with van der Waals surface area (Å²) in [6.45, 7) is 1.57. The molecule has 19 heavy (non-hydrogen) atoms. The topological polar surface area (TPSA) is 72.0 Å². The molecular weight excluding hydrogens is 310 g/mol. The Morgan fingerprint density at radius 1 is 1.26 bits per heavy atom. The maximum absolute atomic E-state index is 9.40. The summed E-state index contributed by atoms with van der Waals surface area (Å²) in [7, 11) is 0. The van der Waals surface area contributed by atoms with Gasteiger partial charge in [-0.15, -0.1) is 0 Å². The Hall–Kier alpha value is -1.79. The zero-order valence-corrected chi connectivity index (χ0v) is 11.6. The molecule has 3 aromatic rings. The summed E-state index contributed by atoms with van der Waals surface area (Å²) >= 11 is 3.45. The van der Waals surface area contributed by atoms with Gasteiger partial charge in [-0.05, 0) is 35.0 Å². The van der Waals surface area contributed by atoms with Crippen molar-refractivity contribution < 1.29 is 9.63 Å². The van der Waals surface area contributed by atoms with Crippen molar-refractivity contribution in [3.8, 4) is 11.5 Å². The lowest BCUT2D eigenvalue weighted by Gasteiger charge is -2.02. The van der Waals surface area contributed by atoms with Gasteiger partial charge in [-0.2, -0.15) is 4.98 Å². The second-order valence-corrected chi connectivity index (χ2v) is 5.00.